The third kappa shape index (κ3) is 4.34. The Bertz CT molecular complexity index is 1080. The summed E-state index contributed by atoms with van der Waals surface area (Å²) in [5.74, 6) is -2.40. The smallest absolute Gasteiger partial charge is 0.308 e. The second-order valence-electron chi connectivity index (χ2n) is 6.07. The van der Waals surface area contributed by atoms with Crippen LogP contribution in [-0.2, 0) is 19.2 Å². The number of rotatable bonds is 4. The van der Waals surface area contributed by atoms with Crippen LogP contribution in [0.3, 0.4) is 0 Å². The van der Waals surface area contributed by atoms with Gasteiger partial charge in [-0.15, -0.1) is 0 Å². The minimum atomic E-state index is -0.608. The third-order valence-electron chi connectivity index (χ3n) is 3.62. The van der Waals surface area contributed by atoms with E-state index in [4.69, 9.17) is 23.4 Å². The lowest BCUT2D eigenvalue weighted by atomic mass is 10.1. The van der Waals surface area contributed by atoms with Crippen molar-refractivity contribution in [3.05, 3.63) is 24.3 Å². The van der Waals surface area contributed by atoms with Crippen LogP contribution in [-0.4, -0.2) is 23.9 Å². The van der Waals surface area contributed by atoms with Gasteiger partial charge in [0.2, 0.25) is 0 Å². The van der Waals surface area contributed by atoms with Gasteiger partial charge >= 0.3 is 23.9 Å². The molecule has 0 atom stereocenters. The van der Waals surface area contributed by atoms with Gasteiger partial charge in [0.25, 0.3) is 0 Å². The molecule has 0 bridgehead atoms. The van der Waals surface area contributed by atoms with Crippen molar-refractivity contribution in [3.63, 3.8) is 0 Å². The second-order valence-corrected chi connectivity index (χ2v) is 6.07. The van der Waals surface area contributed by atoms with Gasteiger partial charge < -0.3 is 23.4 Å². The number of esters is 4. The van der Waals surface area contributed by atoms with Crippen LogP contribution in [0.2, 0.25) is 0 Å². The van der Waals surface area contributed by atoms with E-state index >= 15 is 0 Å². The number of fused-ring (bicyclic) bond motifs is 3. The molecule has 9 heteroatoms. The minimum absolute atomic E-state index is 0.000301. The van der Waals surface area contributed by atoms with Crippen molar-refractivity contribution in [2.24, 2.45) is 0 Å². The van der Waals surface area contributed by atoms with E-state index < -0.39 is 23.9 Å². The number of hydrogen-bond donors (Lipinski definition) is 0. The first kappa shape index (κ1) is 19.9. The number of furan rings is 1. The van der Waals surface area contributed by atoms with Gasteiger partial charge in [0, 0.05) is 50.6 Å². The van der Waals surface area contributed by atoms with Crippen molar-refractivity contribution in [1.82, 2.24) is 0 Å². The van der Waals surface area contributed by atoms with E-state index in [1.165, 1.54) is 52.0 Å². The lowest BCUT2D eigenvalue weighted by Gasteiger charge is -2.09. The third-order valence-corrected chi connectivity index (χ3v) is 3.62. The molecule has 150 valence electrons. The predicted octanol–water partition coefficient (Wildman–Crippen LogP) is 3.29. The van der Waals surface area contributed by atoms with Gasteiger partial charge in [-0.1, -0.05) is 0 Å². The fourth-order valence-corrected chi connectivity index (χ4v) is 2.73. The summed E-state index contributed by atoms with van der Waals surface area (Å²) < 4.78 is 26.2. The lowest BCUT2D eigenvalue weighted by Crippen LogP contribution is -2.07. The van der Waals surface area contributed by atoms with E-state index in [-0.39, 0.29) is 23.0 Å². The van der Waals surface area contributed by atoms with Crippen molar-refractivity contribution >= 4 is 45.8 Å². The zero-order valence-corrected chi connectivity index (χ0v) is 16.0. The molecule has 1 aromatic heterocycles. The molecule has 0 spiro atoms. The van der Waals surface area contributed by atoms with E-state index in [0.29, 0.717) is 21.9 Å². The Kier molecular flexibility index (Phi) is 5.22. The van der Waals surface area contributed by atoms with Gasteiger partial charge in [-0.2, -0.15) is 0 Å². The summed E-state index contributed by atoms with van der Waals surface area (Å²) in [6.45, 7) is 4.83. The normalized spacial score (nSPS) is 10.6. The topological polar surface area (TPSA) is 118 Å². The highest BCUT2D eigenvalue weighted by Gasteiger charge is 2.20. The molecule has 0 saturated heterocycles. The Balaban J connectivity index is 2.26. The van der Waals surface area contributed by atoms with E-state index in [2.05, 4.69) is 0 Å². The van der Waals surface area contributed by atoms with Crippen LogP contribution < -0.4 is 18.9 Å². The van der Waals surface area contributed by atoms with Crippen LogP contribution in [0.15, 0.2) is 28.7 Å². The summed E-state index contributed by atoms with van der Waals surface area (Å²) in [6.07, 6.45) is 0. The maximum atomic E-state index is 11.4. The van der Waals surface area contributed by atoms with Crippen molar-refractivity contribution in [2.45, 2.75) is 27.7 Å². The van der Waals surface area contributed by atoms with E-state index in [9.17, 15) is 19.2 Å². The number of benzene rings is 2. The Morgan fingerprint density at radius 2 is 0.828 bits per heavy atom. The highest BCUT2D eigenvalue weighted by molar-refractivity contribution is 6.07. The summed E-state index contributed by atoms with van der Waals surface area (Å²) >= 11 is 0. The SMILES string of the molecule is CC(=O)Oc1cc2oc3cc(OC(C)=O)c(OC(C)=O)cc3c2cc1OC(C)=O. The van der Waals surface area contributed by atoms with Crippen LogP contribution in [0.5, 0.6) is 23.0 Å². The molecule has 0 fully saturated rings. The Morgan fingerprint density at radius 3 is 1.10 bits per heavy atom. The van der Waals surface area contributed by atoms with Crippen molar-refractivity contribution in [3.8, 4) is 23.0 Å². The molecule has 0 aliphatic carbocycles. The lowest BCUT2D eigenvalue weighted by molar-refractivity contribution is -0.134. The number of ether oxygens (including phenoxy) is 4. The van der Waals surface area contributed by atoms with Crippen LogP contribution >= 0.6 is 0 Å². The molecule has 0 unspecified atom stereocenters. The zero-order chi connectivity index (χ0) is 21.3. The predicted molar refractivity (Wildman–Crippen MR) is 99.0 cm³/mol. The maximum Gasteiger partial charge on any atom is 0.308 e. The molecule has 0 aliphatic heterocycles. The van der Waals surface area contributed by atoms with Crippen LogP contribution in [0.1, 0.15) is 27.7 Å². The molecule has 0 radical (unpaired) electrons. The van der Waals surface area contributed by atoms with Gasteiger partial charge in [-0.05, 0) is 12.1 Å². The summed E-state index contributed by atoms with van der Waals surface area (Å²) in [5.41, 5.74) is 0.613. The first-order chi connectivity index (χ1) is 13.6. The van der Waals surface area contributed by atoms with Crippen molar-refractivity contribution < 1.29 is 42.5 Å². The summed E-state index contributed by atoms with van der Waals surface area (Å²) in [6, 6.07) is 5.71. The van der Waals surface area contributed by atoms with Gasteiger partial charge in [-0.25, -0.2) is 0 Å². The van der Waals surface area contributed by atoms with E-state index in [1.54, 1.807) is 0 Å². The van der Waals surface area contributed by atoms with Crippen molar-refractivity contribution in [1.29, 1.82) is 0 Å². The van der Waals surface area contributed by atoms with Gasteiger partial charge in [0.1, 0.15) is 11.2 Å². The molecule has 9 nitrogen and oxygen atoms in total. The summed E-state index contributed by atoms with van der Waals surface area (Å²) in [5, 5.41) is 0.991. The Hall–Kier alpha value is -3.88. The van der Waals surface area contributed by atoms with Crippen LogP contribution in [0.25, 0.3) is 21.9 Å². The highest BCUT2D eigenvalue weighted by Crippen LogP contribution is 2.42. The monoisotopic (exact) mass is 400 g/mol. The molecule has 0 amide bonds. The van der Waals surface area contributed by atoms with E-state index in [1.807, 2.05) is 0 Å². The molecule has 0 saturated carbocycles. The van der Waals surface area contributed by atoms with Crippen LogP contribution in [0, 0.1) is 0 Å². The highest BCUT2D eigenvalue weighted by atomic mass is 16.6. The fourth-order valence-electron chi connectivity index (χ4n) is 2.73. The molecule has 3 rings (SSSR count). The maximum absolute atomic E-state index is 11.4. The molecule has 3 aromatic rings. The average molecular weight is 400 g/mol. The summed E-state index contributed by atoms with van der Waals surface area (Å²) in [4.78, 5) is 45.6. The summed E-state index contributed by atoms with van der Waals surface area (Å²) in [7, 11) is 0. The number of carbonyl (C=O) groups excluding carboxylic acids is 4. The molecular formula is C20H16O9. The molecule has 0 aliphatic rings. The van der Waals surface area contributed by atoms with Gasteiger partial charge in [0.15, 0.2) is 23.0 Å². The van der Waals surface area contributed by atoms with Gasteiger partial charge in [0.05, 0.1) is 0 Å². The first-order valence-corrected chi connectivity index (χ1v) is 8.42. The fraction of sp³-hybridized carbons (Fsp3) is 0.200. The molecule has 0 N–H and O–H groups in total. The van der Waals surface area contributed by atoms with E-state index in [0.717, 1.165) is 0 Å². The zero-order valence-electron chi connectivity index (χ0n) is 16.0. The molecular weight excluding hydrogens is 384 g/mol. The molecule has 1 heterocycles. The van der Waals surface area contributed by atoms with Gasteiger partial charge in [-0.3, -0.25) is 19.2 Å². The minimum Gasteiger partial charge on any atom is -0.456 e. The number of carbonyl (C=O) groups is 4. The Morgan fingerprint density at radius 1 is 0.552 bits per heavy atom. The second kappa shape index (κ2) is 7.63. The largest absolute Gasteiger partial charge is 0.456 e. The standard InChI is InChI=1S/C20H16O9/c1-9(21)25-17-5-13-14-6-18(26-10(2)22)20(28-12(4)24)8-16(14)29-15(13)7-19(17)27-11(3)23/h5-8H,1-4H3. The average Bonchev–Trinajstić information content (AvgIpc) is 2.90. The number of hydrogen-bond acceptors (Lipinski definition) is 9. The molecule has 29 heavy (non-hydrogen) atoms. The first-order valence-electron chi connectivity index (χ1n) is 8.42. The quantitative estimate of drug-likeness (QED) is 0.480. The van der Waals surface area contributed by atoms with Crippen LogP contribution in [0.4, 0.5) is 0 Å². The molecule has 2 aromatic carbocycles. The Labute approximate surface area is 164 Å². The van der Waals surface area contributed by atoms with Crippen molar-refractivity contribution in [2.75, 3.05) is 0 Å².